The first-order chi connectivity index (χ1) is 13.7. The summed E-state index contributed by atoms with van der Waals surface area (Å²) in [6.07, 6.45) is 11.0. The minimum Gasteiger partial charge on any atom is -0.348 e. The molecule has 4 rings (SSSR count). The molecule has 3 aromatic heterocycles. The van der Waals surface area contributed by atoms with E-state index in [2.05, 4.69) is 21.4 Å². The predicted octanol–water partition coefficient (Wildman–Crippen LogP) is 2.71. The van der Waals surface area contributed by atoms with Gasteiger partial charge in [0.2, 0.25) is 0 Å². The van der Waals surface area contributed by atoms with E-state index in [0.717, 1.165) is 61.5 Å². The Morgan fingerprint density at radius 1 is 1.25 bits per heavy atom. The van der Waals surface area contributed by atoms with Crippen LogP contribution >= 0.6 is 0 Å². The lowest BCUT2D eigenvalue weighted by Crippen LogP contribution is -2.33. The summed E-state index contributed by atoms with van der Waals surface area (Å²) in [6, 6.07) is 4.09. The molecule has 0 saturated carbocycles. The normalized spacial score (nSPS) is 15.1. The van der Waals surface area contributed by atoms with Crippen molar-refractivity contribution in [3.8, 4) is 0 Å². The van der Waals surface area contributed by atoms with Crippen LogP contribution in [0, 0.1) is 6.92 Å². The Kier molecular flexibility index (Phi) is 5.71. The molecule has 0 radical (unpaired) electrons. The fourth-order valence-corrected chi connectivity index (χ4v) is 3.81. The van der Waals surface area contributed by atoms with Crippen LogP contribution in [-0.4, -0.2) is 49.8 Å². The second kappa shape index (κ2) is 8.56. The average Bonchev–Trinajstić information content (AvgIpc) is 3.24. The average molecular weight is 380 g/mol. The third-order valence-corrected chi connectivity index (χ3v) is 5.39. The fraction of sp³-hybridized carbons (Fsp3) is 0.476. The lowest BCUT2D eigenvalue weighted by Gasteiger charge is -2.19. The molecular formula is C21H28N6O. The van der Waals surface area contributed by atoms with Crippen LogP contribution in [0.1, 0.15) is 53.1 Å². The molecule has 0 unspecified atom stereocenters. The van der Waals surface area contributed by atoms with Crippen LogP contribution in [0.3, 0.4) is 0 Å². The second-order valence-electron chi connectivity index (χ2n) is 7.55. The number of aryl methyl sites for hydroxylation is 1. The molecule has 0 bridgehead atoms. The van der Waals surface area contributed by atoms with Crippen molar-refractivity contribution in [1.29, 1.82) is 0 Å². The smallest absolute Gasteiger partial charge is 0.274 e. The summed E-state index contributed by atoms with van der Waals surface area (Å²) < 4.78 is 2.04. The number of imidazole rings is 2. The summed E-state index contributed by atoms with van der Waals surface area (Å²) in [7, 11) is 0. The molecule has 1 aliphatic rings. The Labute approximate surface area is 165 Å². The van der Waals surface area contributed by atoms with Crippen molar-refractivity contribution in [2.45, 2.75) is 45.6 Å². The van der Waals surface area contributed by atoms with E-state index >= 15 is 0 Å². The van der Waals surface area contributed by atoms with Crippen molar-refractivity contribution in [3.05, 3.63) is 53.5 Å². The monoisotopic (exact) mass is 380 g/mol. The molecule has 3 aromatic rings. The van der Waals surface area contributed by atoms with Crippen molar-refractivity contribution in [2.24, 2.45) is 0 Å². The van der Waals surface area contributed by atoms with Crippen LogP contribution in [0.5, 0.6) is 0 Å². The zero-order valence-corrected chi connectivity index (χ0v) is 16.4. The van der Waals surface area contributed by atoms with Crippen LogP contribution in [-0.2, 0) is 13.0 Å². The standard InChI is InChI=1S/C21H28N6O/c1-16-7-11-27-18(14-22-8-6-17-13-23-15-24-17)20(25-19(27)12-16)21(28)26-9-4-2-3-5-10-26/h7,11-13,15,22H,2-6,8-10,14H2,1H3,(H,23,24). The van der Waals surface area contributed by atoms with Crippen LogP contribution < -0.4 is 5.32 Å². The van der Waals surface area contributed by atoms with Gasteiger partial charge in [0.25, 0.3) is 5.91 Å². The summed E-state index contributed by atoms with van der Waals surface area (Å²) in [5, 5.41) is 3.46. The molecule has 1 aliphatic heterocycles. The molecule has 4 heterocycles. The van der Waals surface area contributed by atoms with Crippen LogP contribution in [0.2, 0.25) is 0 Å². The van der Waals surface area contributed by atoms with E-state index in [9.17, 15) is 4.79 Å². The first-order valence-electron chi connectivity index (χ1n) is 10.2. The molecular weight excluding hydrogens is 352 g/mol. The van der Waals surface area contributed by atoms with Crippen LogP contribution in [0.15, 0.2) is 30.9 Å². The van der Waals surface area contributed by atoms with Gasteiger partial charge in [-0.3, -0.25) is 4.79 Å². The number of hydrogen-bond acceptors (Lipinski definition) is 4. The molecule has 0 aromatic carbocycles. The number of likely N-dealkylation sites (tertiary alicyclic amines) is 1. The quantitative estimate of drug-likeness (QED) is 0.645. The lowest BCUT2D eigenvalue weighted by atomic mass is 10.2. The molecule has 0 aliphatic carbocycles. The van der Waals surface area contributed by atoms with Gasteiger partial charge in [-0.2, -0.15) is 0 Å². The predicted molar refractivity (Wildman–Crippen MR) is 108 cm³/mol. The summed E-state index contributed by atoms with van der Waals surface area (Å²) >= 11 is 0. The van der Waals surface area contributed by atoms with Crippen molar-refractivity contribution >= 4 is 11.6 Å². The highest BCUT2D eigenvalue weighted by Gasteiger charge is 2.24. The number of pyridine rings is 1. The van der Waals surface area contributed by atoms with Crippen molar-refractivity contribution in [2.75, 3.05) is 19.6 Å². The molecule has 1 fully saturated rings. The van der Waals surface area contributed by atoms with E-state index < -0.39 is 0 Å². The molecule has 7 heteroatoms. The van der Waals surface area contributed by atoms with Crippen molar-refractivity contribution < 1.29 is 4.79 Å². The topological polar surface area (TPSA) is 78.3 Å². The van der Waals surface area contributed by atoms with Gasteiger partial charge >= 0.3 is 0 Å². The van der Waals surface area contributed by atoms with Gasteiger partial charge in [-0.15, -0.1) is 0 Å². The largest absolute Gasteiger partial charge is 0.348 e. The Morgan fingerprint density at radius 2 is 2.07 bits per heavy atom. The van der Waals surface area contributed by atoms with Gasteiger partial charge in [-0.05, 0) is 37.5 Å². The summed E-state index contributed by atoms with van der Waals surface area (Å²) in [4.78, 5) is 27.1. The van der Waals surface area contributed by atoms with E-state index in [1.54, 1.807) is 6.33 Å². The van der Waals surface area contributed by atoms with Crippen molar-refractivity contribution in [3.63, 3.8) is 0 Å². The zero-order valence-electron chi connectivity index (χ0n) is 16.4. The van der Waals surface area contributed by atoms with Gasteiger partial charge in [0.1, 0.15) is 5.65 Å². The maximum absolute atomic E-state index is 13.3. The Bertz CT molecular complexity index is 922. The third-order valence-electron chi connectivity index (χ3n) is 5.39. The molecule has 7 nitrogen and oxygen atoms in total. The summed E-state index contributed by atoms with van der Waals surface area (Å²) in [6.45, 7) is 5.12. The number of rotatable bonds is 6. The van der Waals surface area contributed by atoms with E-state index in [1.165, 1.54) is 12.8 Å². The van der Waals surface area contributed by atoms with E-state index in [4.69, 9.17) is 4.98 Å². The number of nitrogens with zero attached hydrogens (tertiary/aromatic N) is 4. The second-order valence-corrected chi connectivity index (χ2v) is 7.55. The fourth-order valence-electron chi connectivity index (χ4n) is 3.81. The molecule has 0 spiro atoms. The number of fused-ring (bicyclic) bond motifs is 1. The van der Waals surface area contributed by atoms with Gasteiger partial charge < -0.3 is 19.6 Å². The molecule has 1 amide bonds. The summed E-state index contributed by atoms with van der Waals surface area (Å²) in [5.74, 6) is 0.0635. The number of carbonyl (C=O) groups is 1. The first-order valence-corrected chi connectivity index (χ1v) is 10.2. The maximum atomic E-state index is 13.3. The Hall–Kier alpha value is -2.67. The maximum Gasteiger partial charge on any atom is 0.274 e. The highest BCUT2D eigenvalue weighted by Crippen LogP contribution is 2.19. The zero-order chi connectivity index (χ0) is 19.3. The highest BCUT2D eigenvalue weighted by molar-refractivity contribution is 5.94. The Balaban J connectivity index is 1.55. The molecule has 2 N–H and O–H groups in total. The first kappa shape index (κ1) is 18.7. The molecule has 148 valence electrons. The number of aromatic amines is 1. The SMILES string of the molecule is Cc1ccn2c(CNCCc3cnc[nH]3)c(C(=O)N3CCCCCC3)nc2c1. The molecule has 0 atom stereocenters. The Morgan fingerprint density at radius 3 is 2.82 bits per heavy atom. The minimum absolute atomic E-state index is 0.0635. The lowest BCUT2D eigenvalue weighted by molar-refractivity contribution is 0.0755. The van der Waals surface area contributed by atoms with E-state index in [0.29, 0.717) is 12.2 Å². The van der Waals surface area contributed by atoms with Gasteiger partial charge in [0.15, 0.2) is 5.69 Å². The number of hydrogen-bond donors (Lipinski definition) is 2. The molecule has 1 saturated heterocycles. The number of amides is 1. The number of carbonyl (C=O) groups excluding carboxylic acids is 1. The number of aromatic nitrogens is 4. The van der Waals surface area contributed by atoms with Gasteiger partial charge in [0.05, 0.1) is 12.0 Å². The van der Waals surface area contributed by atoms with Crippen LogP contribution in [0.25, 0.3) is 5.65 Å². The highest BCUT2D eigenvalue weighted by atomic mass is 16.2. The summed E-state index contributed by atoms with van der Waals surface area (Å²) in [5.41, 5.74) is 4.60. The third kappa shape index (κ3) is 4.09. The minimum atomic E-state index is 0.0635. The van der Waals surface area contributed by atoms with Gasteiger partial charge in [0, 0.05) is 50.7 Å². The molecule has 28 heavy (non-hydrogen) atoms. The van der Waals surface area contributed by atoms with E-state index in [-0.39, 0.29) is 5.91 Å². The van der Waals surface area contributed by atoms with Crippen molar-refractivity contribution in [1.82, 2.24) is 29.6 Å². The van der Waals surface area contributed by atoms with Crippen LogP contribution in [0.4, 0.5) is 0 Å². The number of nitrogens with one attached hydrogen (secondary N) is 2. The van der Waals surface area contributed by atoms with Gasteiger partial charge in [-0.1, -0.05) is 12.8 Å². The van der Waals surface area contributed by atoms with E-state index in [1.807, 2.05) is 34.7 Å². The number of H-pyrrole nitrogens is 1. The van der Waals surface area contributed by atoms with Gasteiger partial charge in [-0.25, -0.2) is 9.97 Å².